The summed E-state index contributed by atoms with van der Waals surface area (Å²) in [6.45, 7) is 0. The van der Waals surface area contributed by atoms with Crippen LogP contribution in [0.15, 0.2) is 5.16 Å². The summed E-state index contributed by atoms with van der Waals surface area (Å²) in [6.07, 6.45) is 3.82. The second-order valence-corrected chi connectivity index (χ2v) is 6.48. The zero-order chi connectivity index (χ0) is 11.8. The molecule has 1 atom stereocenters. The topological polar surface area (TPSA) is 105 Å². The maximum atomic E-state index is 11.7. The standard InChI is InChI=1S/C9H17N3O3S/c10-9(11-13)8(7-3-4-7)12-16(14,15)5-6-1-2-6/h6-8,12-13H,1-5H2,(H2,10,11). The van der Waals surface area contributed by atoms with Gasteiger partial charge in [0.1, 0.15) is 0 Å². The highest BCUT2D eigenvalue weighted by molar-refractivity contribution is 7.89. The molecule has 0 bridgehead atoms. The molecule has 2 aliphatic carbocycles. The second kappa shape index (κ2) is 4.21. The summed E-state index contributed by atoms with van der Waals surface area (Å²) < 4.78 is 26.0. The van der Waals surface area contributed by atoms with Gasteiger partial charge < -0.3 is 10.9 Å². The van der Waals surface area contributed by atoms with Gasteiger partial charge in [-0.3, -0.25) is 0 Å². The van der Waals surface area contributed by atoms with Gasteiger partial charge in [-0.15, -0.1) is 0 Å². The largest absolute Gasteiger partial charge is 0.409 e. The quantitative estimate of drug-likeness (QED) is 0.262. The molecule has 16 heavy (non-hydrogen) atoms. The van der Waals surface area contributed by atoms with Crippen LogP contribution in [0.2, 0.25) is 0 Å². The van der Waals surface area contributed by atoms with Gasteiger partial charge >= 0.3 is 0 Å². The van der Waals surface area contributed by atoms with Crippen LogP contribution in [0, 0.1) is 11.8 Å². The fourth-order valence-corrected chi connectivity index (χ4v) is 3.48. The van der Waals surface area contributed by atoms with Crippen LogP contribution in [-0.2, 0) is 10.0 Å². The molecule has 2 aliphatic rings. The number of rotatable bonds is 6. The smallest absolute Gasteiger partial charge is 0.212 e. The van der Waals surface area contributed by atoms with E-state index in [1.807, 2.05) is 0 Å². The Hall–Kier alpha value is -0.820. The number of amidine groups is 1. The van der Waals surface area contributed by atoms with Crippen molar-refractivity contribution >= 4 is 15.9 Å². The first-order chi connectivity index (χ1) is 7.52. The summed E-state index contributed by atoms with van der Waals surface area (Å²) in [5.41, 5.74) is 5.48. The maximum absolute atomic E-state index is 11.7. The minimum absolute atomic E-state index is 0.0399. The average Bonchev–Trinajstić information content (AvgIpc) is 3.04. The van der Waals surface area contributed by atoms with Crippen LogP contribution in [0.25, 0.3) is 0 Å². The molecule has 0 aliphatic heterocycles. The third kappa shape index (κ3) is 3.08. The van der Waals surface area contributed by atoms with Gasteiger partial charge in [0.25, 0.3) is 0 Å². The second-order valence-electron chi connectivity index (χ2n) is 4.68. The number of hydrogen-bond donors (Lipinski definition) is 3. The third-order valence-electron chi connectivity index (χ3n) is 2.99. The van der Waals surface area contributed by atoms with E-state index in [1.54, 1.807) is 0 Å². The highest BCUT2D eigenvalue weighted by atomic mass is 32.2. The molecule has 0 aromatic heterocycles. The Bertz CT molecular complexity index is 385. The predicted octanol–water partition coefficient (Wildman–Crippen LogP) is -0.159. The van der Waals surface area contributed by atoms with E-state index in [0.717, 1.165) is 25.7 Å². The Morgan fingerprint density at radius 2 is 2.06 bits per heavy atom. The van der Waals surface area contributed by atoms with E-state index in [0.29, 0.717) is 5.92 Å². The van der Waals surface area contributed by atoms with E-state index >= 15 is 0 Å². The van der Waals surface area contributed by atoms with Gasteiger partial charge in [-0.25, -0.2) is 13.1 Å². The van der Waals surface area contributed by atoms with Gasteiger partial charge in [-0.2, -0.15) is 0 Å². The fraction of sp³-hybridized carbons (Fsp3) is 0.889. The van der Waals surface area contributed by atoms with Gasteiger partial charge in [-0.05, 0) is 37.5 Å². The molecule has 6 nitrogen and oxygen atoms in total. The molecule has 0 heterocycles. The molecule has 0 amide bonds. The Kier molecular flexibility index (Phi) is 3.07. The first-order valence-corrected chi connectivity index (χ1v) is 7.14. The van der Waals surface area contributed by atoms with E-state index in [1.165, 1.54) is 0 Å². The number of nitrogens with zero attached hydrogens (tertiary/aromatic N) is 1. The average molecular weight is 247 g/mol. The van der Waals surface area contributed by atoms with E-state index in [2.05, 4.69) is 9.88 Å². The van der Waals surface area contributed by atoms with Crippen molar-refractivity contribution in [3.8, 4) is 0 Å². The van der Waals surface area contributed by atoms with Crippen molar-refractivity contribution in [1.82, 2.24) is 4.72 Å². The Balaban J connectivity index is 1.98. The molecule has 92 valence electrons. The van der Waals surface area contributed by atoms with Crippen LogP contribution in [0.5, 0.6) is 0 Å². The molecule has 2 rings (SSSR count). The van der Waals surface area contributed by atoms with Crippen LogP contribution in [0.1, 0.15) is 25.7 Å². The SMILES string of the molecule is NC(=NO)C(NS(=O)(=O)CC1CC1)C1CC1. The van der Waals surface area contributed by atoms with Gasteiger partial charge in [0, 0.05) is 0 Å². The summed E-state index contributed by atoms with van der Waals surface area (Å²) in [6, 6.07) is -0.534. The summed E-state index contributed by atoms with van der Waals surface area (Å²) in [5.74, 6) is 0.603. The molecular weight excluding hydrogens is 230 g/mol. The van der Waals surface area contributed by atoms with Crippen molar-refractivity contribution in [2.75, 3.05) is 5.75 Å². The first-order valence-electron chi connectivity index (χ1n) is 5.49. The van der Waals surface area contributed by atoms with E-state index in [9.17, 15) is 8.42 Å². The number of hydrogen-bond acceptors (Lipinski definition) is 4. The molecule has 2 fully saturated rings. The van der Waals surface area contributed by atoms with E-state index in [4.69, 9.17) is 10.9 Å². The van der Waals surface area contributed by atoms with Crippen LogP contribution in [-0.4, -0.2) is 31.3 Å². The molecule has 0 spiro atoms. The Morgan fingerprint density at radius 1 is 1.44 bits per heavy atom. The van der Waals surface area contributed by atoms with Gasteiger partial charge in [-0.1, -0.05) is 5.16 Å². The maximum Gasteiger partial charge on any atom is 0.212 e. The van der Waals surface area contributed by atoms with Gasteiger partial charge in [0.2, 0.25) is 10.0 Å². The Morgan fingerprint density at radius 3 is 2.50 bits per heavy atom. The molecule has 4 N–H and O–H groups in total. The summed E-state index contributed by atoms with van der Waals surface area (Å²) >= 11 is 0. The zero-order valence-electron chi connectivity index (χ0n) is 8.96. The lowest BCUT2D eigenvalue weighted by Gasteiger charge is -2.16. The van der Waals surface area contributed by atoms with Crippen molar-refractivity contribution in [2.45, 2.75) is 31.7 Å². The fourth-order valence-electron chi connectivity index (χ4n) is 1.73. The number of sulfonamides is 1. The van der Waals surface area contributed by atoms with Crippen molar-refractivity contribution in [3.63, 3.8) is 0 Å². The lowest BCUT2D eigenvalue weighted by atomic mass is 10.2. The molecular formula is C9H17N3O3S. The third-order valence-corrected chi connectivity index (χ3v) is 4.51. The predicted molar refractivity (Wildman–Crippen MR) is 59.6 cm³/mol. The monoisotopic (exact) mass is 247 g/mol. The highest BCUT2D eigenvalue weighted by Crippen LogP contribution is 2.34. The summed E-state index contributed by atoms with van der Waals surface area (Å²) in [4.78, 5) is 0. The Labute approximate surface area is 94.9 Å². The molecule has 1 unspecified atom stereocenters. The van der Waals surface area contributed by atoms with E-state index < -0.39 is 16.1 Å². The number of nitrogens with two attached hydrogens (primary N) is 1. The van der Waals surface area contributed by atoms with Crippen molar-refractivity contribution in [3.05, 3.63) is 0 Å². The van der Waals surface area contributed by atoms with Crippen molar-refractivity contribution in [2.24, 2.45) is 22.7 Å². The first kappa shape index (κ1) is 11.7. The lowest BCUT2D eigenvalue weighted by molar-refractivity contribution is 0.314. The van der Waals surface area contributed by atoms with E-state index in [-0.39, 0.29) is 17.5 Å². The van der Waals surface area contributed by atoms with Crippen LogP contribution < -0.4 is 10.5 Å². The van der Waals surface area contributed by atoms with Crippen LogP contribution in [0.4, 0.5) is 0 Å². The minimum Gasteiger partial charge on any atom is -0.409 e. The summed E-state index contributed by atoms with van der Waals surface area (Å²) in [7, 11) is -3.30. The molecule has 0 saturated heterocycles. The molecule has 0 aromatic carbocycles. The highest BCUT2D eigenvalue weighted by Gasteiger charge is 2.38. The van der Waals surface area contributed by atoms with Crippen LogP contribution >= 0.6 is 0 Å². The summed E-state index contributed by atoms with van der Waals surface area (Å²) in [5, 5.41) is 11.5. The molecule has 0 aromatic rings. The van der Waals surface area contributed by atoms with Gasteiger partial charge in [0.15, 0.2) is 5.84 Å². The minimum atomic E-state index is -3.30. The van der Waals surface area contributed by atoms with Crippen LogP contribution in [0.3, 0.4) is 0 Å². The normalized spacial score (nSPS) is 24.4. The molecule has 7 heteroatoms. The molecule has 2 saturated carbocycles. The number of oxime groups is 1. The molecule has 0 radical (unpaired) electrons. The number of nitrogens with one attached hydrogen (secondary N) is 1. The van der Waals surface area contributed by atoms with Crippen molar-refractivity contribution in [1.29, 1.82) is 0 Å². The van der Waals surface area contributed by atoms with Crippen molar-refractivity contribution < 1.29 is 13.6 Å². The lowest BCUT2D eigenvalue weighted by Crippen LogP contribution is -2.47. The zero-order valence-corrected chi connectivity index (χ0v) is 9.78. The van der Waals surface area contributed by atoms with Gasteiger partial charge in [0.05, 0.1) is 11.8 Å².